The number of halogens is 1. The lowest BCUT2D eigenvalue weighted by molar-refractivity contribution is -0.146. The van der Waals surface area contributed by atoms with Crippen molar-refractivity contribution in [1.82, 2.24) is 14.8 Å². The van der Waals surface area contributed by atoms with Gasteiger partial charge >= 0.3 is 5.97 Å². The van der Waals surface area contributed by atoms with E-state index >= 15 is 0 Å². The van der Waals surface area contributed by atoms with E-state index in [1.165, 1.54) is 45.3 Å². The molecule has 0 bridgehead atoms. The Hall–Kier alpha value is -2.77. The molecule has 1 saturated heterocycles. The van der Waals surface area contributed by atoms with Gasteiger partial charge in [0.05, 0.1) is 12.8 Å². The number of anilines is 1. The van der Waals surface area contributed by atoms with E-state index in [9.17, 15) is 14.0 Å². The summed E-state index contributed by atoms with van der Waals surface area (Å²) in [5.41, 5.74) is 1.44. The van der Waals surface area contributed by atoms with Gasteiger partial charge in [0.25, 0.3) is 0 Å². The van der Waals surface area contributed by atoms with Gasteiger partial charge in [-0.1, -0.05) is 25.3 Å². The molecule has 0 radical (unpaired) electrons. The highest BCUT2D eigenvalue weighted by molar-refractivity contribution is 5.88. The van der Waals surface area contributed by atoms with Crippen molar-refractivity contribution in [2.45, 2.75) is 57.9 Å². The normalized spacial score (nSPS) is 19.8. The molecule has 1 aliphatic heterocycles. The maximum atomic E-state index is 14.8. The van der Waals surface area contributed by atoms with Crippen LogP contribution in [0.5, 0.6) is 0 Å². The minimum Gasteiger partial charge on any atom is -0.468 e. The minimum absolute atomic E-state index is 0.145. The second-order valence-electron chi connectivity index (χ2n) is 9.53. The molecule has 7 nitrogen and oxygen atoms in total. The number of esters is 1. The summed E-state index contributed by atoms with van der Waals surface area (Å²) in [7, 11) is 1.26. The summed E-state index contributed by atoms with van der Waals surface area (Å²) in [6.45, 7) is 2.38. The zero-order chi connectivity index (χ0) is 23.3. The maximum Gasteiger partial charge on any atom is 0.316 e. The molecule has 0 spiro atoms. The highest BCUT2D eigenvalue weighted by Gasteiger charge is 2.42. The number of hydrogen-bond donors (Lipinski definition) is 0. The van der Waals surface area contributed by atoms with Gasteiger partial charge in [-0.3, -0.25) is 9.48 Å². The maximum absolute atomic E-state index is 14.8. The highest BCUT2D eigenvalue weighted by Crippen LogP contribution is 2.47. The number of aromatic nitrogens is 3. The Bertz CT molecular complexity index is 935. The molecule has 0 amide bonds. The standard InChI is InChI=1S/C25H33FN4O3/c1-33-24(32)20(15-31)13-19-7-8-22(26)23(14-19)29-11-9-25(10-12-29,16-30-18-27-17-28-30)21-5-3-2-4-6-21/h7-8,14-15,17-18,20-21H,2-6,9-13,16H2,1H3. The third-order valence-electron chi connectivity index (χ3n) is 7.65. The van der Waals surface area contributed by atoms with Gasteiger partial charge < -0.3 is 14.4 Å². The van der Waals surface area contributed by atoms with Gasteiger partial charge in [0.1, 0.15) is 30.7 Å². The van der Waals surface area contributed by atoms with Crippen molar-refractivity contribution in [3.05, 3.63) is 42.2 Å². The van der Waals surface area contributed by atoms with Gasteiger partial charge in [-0.25, -0.2) is 9.37 Å². The van der Waals surface area contributed by atoms with E-state index in [0.717, 1.165) is 38.0 Å². The summed E-state index contributed by atoms with van der Waals surface area (Å²) in [5, 5.41) is 4.38. The Morgan fingerprint density at radius 2 is 2.03 bits per heavy atom. The van der Waals surface area contributed by atoms with Gasteiger partial charge in [-0.15, -0.1) is 0 Å². The lowest BCUT2D eigenvalue weighted by Gasteiger charge is -2.48. The average molecular weight is 457 g/mol. The van der Waals surface area contributed by atoms with Crippen LogP contribution in [-0.2, 0) is 27.3 Å². The van der Waals surface area contributed by atoms with Crippen LogP contribution >= 0.6 is 0 Å². The van der Waals surface area contributed by atoms with Crippen LogP contribution in [0.3, 0.4) is 0 Å². The summed E-state index contributed by atoms with van der Waals surface area (Å²) >= 11 is 0. The number of nitrogens with zero attached hydrogens (tertiary/aromatic N) is 4. The van der Waals surface area contributed by atoms with Crippen LogP contribution in [0, 0.1) is 23.1 Å². The van der Waals surface area contributed by atoms with E-state index in [2.05, 4.69) is 15.0 Å². The molecule has 1 aromatic heterocycles. The highest BCUT2D eigenvalue weighted by atomic mass is 19.1. The lowest BCUT2D eigenvalue weighted by Crippen LogP contribution is -2.47. The largest absolute Gasteiger partial charge is 0.468 e. The molecule has 4 rings (SSSR count). The number of carbonyl (C=O) groups is 2. The molecule has 1 aromatic carbocycles. The number of methoxy groups -OCH3 is 1. The third-order valence-corrected chi connectivity index (χ3v) is 7.65. The van der Waals surface area contributed by atoms with Crippen molar-refractivity contribution in [3.8, 4) is 0 Å². The van der Waals surface area contributed by atoms with Crippen LogP contribution in [0.4, 0.5) is 10.1 Å². The number of hydrogen-bond acceptors (Lipinski definition) is 6. The Kier molecular flexibility index (Phi) is 7.40. The molecule has 8 heteroatoms. The van der Waals surface area contributed by atoms with Crippen LogP contribution in [0.1, 0.15) is 50.5 Å². The Balaban J connectivity index is 1.50. The van der Waals surface area contributed by atoms with Gasteiger partial charge in [0.15, 0.2) is 0 Å². The monoisotopic (exact) mass is 456 g/mol. The summed E-state index contributed by atoms with van der Waals surface area (Å²) < 4.78 is 21.5. The summed E-state index contributed by atoms with van der Waals surface area (Å²) in [6, 6.07) is 4.85. The molecule has 2 aromatic rings. The van der Waals surface area contributed by atoms with Crippen molar-refractivity contribution in [2.24, 2.45) is 17.3 Å². The van der Waals surface area contributed by atoms with Crippen molar-refractivity contribution in [3.63, 3.8) is 0 Å². The van der Waals surface area contributed by atoms with Crippen molar-refractivity contribution in [2.75, 3.05) is 25.1 Å². The fourth-order valence-corrected chi connectivity index (χ4v) is 5.76. The summed E-state index contributed by atoms with van der Waals surface area (Å²) in [6.07, 6.45) is 12.5. The number of carbonyl (C=O) groups excluding carboxylic acids is 2. The lowest BCUT2D eigenvalue weighted by atomic mass is 9.63. The van der Waals surface area contributed by atoms with E-state index in [1.807, 2.05) is 4.68 Å². The number of piperidine rings is 1. The molecule has 0 N–H and O–H groups in total. The second-order valence-corrected chi connectivity index (χ2v) is 9.53. The molecular weight excluding hydrogens is 423 g/mol. The first kappa shape index (κ1) is 23.4. The first-order valence-electron chi connectivity index (χ1n) is 11.9. The Labute approximate surface area is 194 Å². The minimum atomic E-state index is -0.878. The molecular formula is C25H33FN4O3. The van der Waals surface area contributed by atoms with E-state index in [-0.39, 0.29) is 17.7 Å². The average Bonchev–Trinajstić information content (AvgIpc) is 3.37. The van der Waals surface area contributed by atoms with Gasteiger partial charge in [-0.2, -0.15) is 5.10 Å². The van der Waals surface area contributed by atoms with E-state index < -0.39 is 11.9 Å². The number of benzene rings is 1. The zero-order valence-electron chi connectivity index (χ0n) is 19.3. The fourth-order valence-electron chi connectivity index (χ4n) is 5.76. The molecule has 2 heterocycles. The second kappa shape index (κ2) is 10.4. The van der Waals surface area contributed by atoms with Crippen LogP contribution in [0.2, 0.25) is 0 Å². The predicted molar refractivity (Wildman–Crippen MR) is 122 cm³/mol. The van der Waals surface area contributed by atoms with Crippen molar-refractivity contribution < 1.29 is 18.7 Å². The van der Waals surface area contributed by atoms with Crippen LogP contribution < -0.4 is 4.90 Å². The van der Waals surface area contributed by atoms with Crippen LogP contribution in [0.15, 0.2) is 30.9 Å². The Morgan fingerprint density at radius 3 is 2.67 bits per heavy atom. The van der Waals surface area contributed by atoms with Gasteiger partial charge in [0, 0.05) is 19.6 Å². The molecule has 1 unspecified atom stereocenters. The van der Waals surface area contributed by atoms with Crippen LogP contribution in [-0.4, -0.2) is 47.2 Å². The fraction of sp³-hybridized carbons (Fsp3) is 0.600. The Morgan fingerprint density at radius 1 is 1.27 bits per heavy atom. The summed E-state index contributed by atoms with van der Waals surface area (Å²) in [5.74, 6) is -1.07. The van der Waals surface area contributed by atoms with E-state index in [4.69, 9.17) is 4.74 Å². The van der Waals surface area contributed by atoms with E-state index in [0.29, 0.717) is 17.9 Å². The van der Waals surface area contributed by atoms with Gasteiger partial charge in [-0.05, 0) is 61.1 Å². The molecule has 1 aliphatic carbocycles. The molecule has 2 aliphatic rings. The number of rotatable bonds is 8. The topological polar surface area (TPSA) is 77.3 Å². The van der Waals surface area contributed by atoms with Gasteiger partial charge in [0.2, 0.25) is 0 Å². The first-order valence-corrected chi connectivity index (χ1v) is 11.9. The number of aldehydes is 1. The zero-order valence-corrected chi connectivity index (χ0v) is 19.3. The smallest absolute Gasteiger partial charge is 0.316 e. The quantitative estimate of drug-likeness (QED) is 0.342. The molecule has 2 fully saturated rings. The SMILES string of the molecule is COC(=O)C(C=O)Cc1ccc(F)c(N2CCC(Cn3cncn3)(C3CCCCC3)CC2)c1. The van der Waals surface area contributed by atoms with Crippen molar-refractivity contribution >= 4 is 17.9 Å². The predicted octanol–water partition coefficient (Wildman–Crippen LogP) is 3.81. The first-order chi connectivity index (χ1) is 16.0. The molecule has 1 saturated carbocycles. The number of ether oxygens (including phenoxy) is 1. The molecule has 33 heavy (non-hydrogen) atoms. The third kappa shape index (κ3) is 5.25. The van der Waals surface area contributed by atoms with Crippen LogP contribution in [0.25, 0.3) is 0 Å². The van der Waals surface area contributed by atoms with E-state index in [1.54, 1.807) is 24.8 Å². The molecule has 1 atom stereocenters. The molecule has 178 valence electrons. The summed E-state index contributed by atoms with van der Waals surface area (Å²) in [4.78, 5) is 29.4. The van der Waals surface area contributed by atoms with Crippen molar-refractivity contribution in [1.29, 1.82) is 0 Å².